The zero-order valence-electron chi connectivity index (χ0n) is 9.78. The number of nitrogens with two attached hydrogens (primary N) is 1. The number of benzene rings is 1. The van der Waals surface area contributed by atoms with Gasteiger partial charge in [0, 0.05) is 34.9 Å². The Hall–Kier alpha value is -0.580. The van der Waals surface area contributed by atoms with Crippen LogP contribution < -0.4 is 5.73 Å². The molecule has 3 N–H and O–H groups in total. The fourth-order valence-corrected chi connectivity index (χ4v) is 2.10. The van der Waals surface area contributed by atoms with E-state index in [0.29, 0.717) is 12.6 Å². The van der Waals surface area contributed by atoms with Crippen LogP contribution in [0.2, 0.25) is 0 Å². The molecule has 1 aromatic rings. The van der Waals surface area contributed by atoms with Crippen LogP contribution in [0.5, 0.6) is 0 Å². The van der Waals surface area contributed by atoms with Crippen LogP contribution in [0.4, 0.5) is 5.69 Å². The molecule has 0 atom stereocenters. The molecule has 0 radical (unpaired) electrons. The van der Waals surface area contributed by atoms with Gasteiger partial charge in [-0.1, -0.05) is 22.0 Å². The van der Waals surface area contributed by atoms with Crippen LogP contribution >= 0.6 is 15.9 Å². The summed E-state index contributed by atoms with van der Waals surface area (Å²) >= 11 is 3.51. The molecule has 0 bridgehead atoms. The van der Waals surface area contributed by atoms with E-state index in [-0.39, 0.29) is 6.61 Å². The lowest BCUT2D eigenvalue weighted by molar-refractivity contribution is 0.159. The molecule has 3 nitrogen and oxygen atoms in total. The van der Waals surface area contributed by atoms with Crippen LogP contribution in [0.3, 0.4) is 0 Å². The van der Waals surface area contributed by atoms with Gasteiger partial charge >= 0.3 is 0 Å². The third kappa shape index (κ3) is 3.47. The molecule has 0 saturated carbocycles. The summed E-state index contributed by atoms with van der Waals surface area (Å²) in [5, 5.41) is 9.02. The predicted molar refractivity (Wildman–Crippen MR) is 71.2 cm³/mol. The van der Waals surface area contributed by atoms with Crippen molar-refractivity contribution in [3.05, 3.63) is 28.2 Å². The van der Waals surface area contributed by atoms with Gasteiger partial charge in [0.25, 0.3) is 0 Å². The monoisotopic (exact) mass is 286 g/mol. The molecule has 0 heterocycles. The number of halogens is 1. The van der Waals surface area contributed by atoms with Crippen LogP contribution in [0.15, 0.2) is 22.7 Å². The Kier molecular flexibility index (Phi) is 5.25. The van der Waals surface area contributed by atoms with Gasteiger partial charge in [0.2, 0.25) is 0 Å². The number of nitrogen functional groups attached to an aromatic ring is 1. The summed E-state index contributed by atoms with van der Waals surface area (Å²) in [6, 6.07) is 6.20. The van der Waals surface area contributed by atoms with Crippen molar-refractivity contribution in [1.82, 2.24) is 4.90 Å². The van der Waals surface area contributed by atoms with Crippen molar-refractivity contribution < 1.29 is 5.11 Å². The van der Waals surface area contributed by atoms with Crippen LogP contribution in [0, 0.1) is 0 Å². The molecule has 4 heteroatoms. The number of aliphatic hydroxyl groups excluding tert-OH is 1. The van der Waals surface area contributed by atoms with Gasteiger partial charge in [-0.05, 0) is 26.0 Å². The average Bonchev–Trinajstić information content (AvgIpc) is 2.21. The Morgan fingerprint density at radius 1 is 1.44 bits per heavy atom. The van der Waals surface area contributed by atoms with Gasteiger partial charge in [-0.3, -0.25) is 4.90 Å². The van der Waals surface area contributed by atoms with Crippen molar-refractivity contribution in [1.29, 1.82) is 0 Å². The summed E-state index contributed by atoms with van der Waals surface area (Å²) in [6.07, 6.45) is 0. The van der Waals surface area contributed by atoms with Crippen LogP contribution in [-0.4, -0.2) is 29.2 Å². The minimum absolute atomic E-state index is 0.169. The summed E-state index contributed by atoms with van der Waals surface area (Å²) in [6.45, 7) is 5.82. The lowest BCUT2D eigenvalue weighted by Gasteiger charge is -2.26. The molecule has 0 spiro atoms. The van der Waals surface area contributed by atoms with Crippen LogP contribution in [0.1, 0.15) is 19.4 Å². The van der Waals surface area contributed by atoms with E-state index < -0.39 is 0 Å². The van der Waals surface area contributed by atoms with E-state index in [4.69, 9.17) is 10.8 Å². The second-order valence-corrected chi connectivity index (χ2v) is 4.95. The minimum Gasteiger partial charge on any atom is -0.398 e. The smallest absolute Gasteiger partial charge is 0.0558 e. The van der Waals surface area contributed by atoms with Gasteiger partial charge in [-0.25, -0.2) is 0 Å². The number of rotatable bonds is 5. The van der Waals surface area contributed by atoms with Gasteiger partial charge in [-0.15, -0.1) is 0 Å². The highest BCUT2D eigenvalue weighted by molar-refractivity contribution is 9.10. The topological polar surface area (TPSA) is 49.5 Å². The molecule has 1 rings (SSSR count). The molecule has 0 saturated heterocycles. The van der Waals surface area contributed by atoms with Crippen LogP contribution in [-0.2, 0) is 6.54 Å². The maximum absolute atomic E-state index is 9.02. The van der Waals surface area contributed by atoms with Crippen molar-refractivity contribution >= 4 is 21.6 Å². The summed E-state index contributed by atoms with van der Waals surface area (Å²) in [5.74, 6) is 0. The summed E-state index contributed by atoms with van der Waals surface area (Å²) < 4.78 is 1.02. The standard InChI is InChI=1S/C12H19BrN2O/c1-9(2)15(6-7-16)8-10-11(13)4-3-5-12(10)14/h3-5,9,16H,6-8,14H2,1-2H3. The SMILES string of the molecule is CC(C)N(CCO)Cc1c(N)cccc1Br. The number of hydrogen-bond donors (Lipinski definition) is 2. The Morgan fingerprint density at radius 3 is 2.62 bits per heavy atom. The van der Waals surface area contributed by atoms with E-state index >= 15 is 0 Å². The highest BCUT2D eigenvalue weighted by Crippen LogP contribution is 2.24. The first-order valence-corrected chi connectivity index (χ1v) is 6.23. The van der Waals surface area contributed by atoms with E-state index in [1.165, 1.54) is 0 Å². The van der Waals surface area contributed by atoms with Gasteiger partial charge in [0.1, 0.15) is 0 Å². The van der Waals surface area contributed by atoms with Gasteiger partial charge < -0.3 is 10.8 Å². The maximum Gasteiger partial charge on any atom is 0.0558 e. The third-order valence-corrected chi connectivity index (χ3v) is 3.38. The molecule has 0 aromatic heterocycles. The zero-order valence-corrected chi connectivity index (χ0v) is 11.4. The Labute approximate surface area is 105 Å². The molecular formula is C12H19BrN2O. The van der Waals surface area contributed by atoms with Gasteiger partial charge in [0.15, 0.2) is 0 Å². The summed E-state index contributed by atoms with van der Waals surface area (Å²) in [5.41, 5.74) is 7.82. The second-order valence-electron chi connectivity index (χ2n) is 4.10. The largest absolute Gasteiger partial charge is 0.398 e. The Balaban J connectivity index is 2.84. The molecule has 0 unspecified atom stereocenters. The quantitative estimate of drug-likeness (QED) is 0.817. The molecule has 90 valence electrons. The molecule has 0 aliphatic heterocycles. The summed E-state index contributed by atoms with van der Waals surface area (Å²) in [7, 11) is 0. The second kappa shape index (κ2) is 6.23. The maximum atomic E-state index is 9.02. The fourth-order valence-electron chi connectivity index (χ4n) is 1.59. The van der Waals surface area contributed by atoms with Gasteiger partial charge in [0.05, 0.1) is 6.61 Å². The van der Waals surface area contributed by atoms with Crippen molar-refractivity contribution in [3.8, 4) is 0 Å². The van der Waals surface area contributed by atoms with E-state index in [9.17, 15) is 0 Å². The first kappa shape index (κ1) is 13.5. The lowest BCUT2D eigenvalue weighted by Crippen LogP contribution is -2.33. The average molecular weight is 287 g/mol. The molecule has 0 amide bonds. The van der Waals surface area contributed by atoms with E-state index in [1.807, 2.05) is 18.2 Å². The predicted octanol–water partition coefficient (Wildman–Crippen LogP) is 2.23. The molecule has 16 heavy (non-hydrogen) atoms. The number of hydrogen-bond acceptors (Lipinski definition) is 3. The Bertz CT molecular complexity index is 322. The third-order valence-electron chi connectivity index (χ3n) is 2.63. The van der Waals surface area contributed by atoms with Crippen molar-refractivity contribution in [2.24, 2.45) is 0 Å². The van der Waals surface area contributed by atoms with Crippen LogP contribution in [0.25, 0.3) is 0 Å². The normalized spacial score (nSPS) is 11.4. The zero-order chi connectivity index (χ0) is 12.1. The van der Waals surface area contributed by atoms with Gasteiger partial charge in [-0.2, -0.15) is 0 Å². The molecule has 0 fully saturated rings. The number of nitrogens with zero attached hydrogens (tertiary/aromatic N) is 1. The van der Waals surface area contributed by atoms with Crippen molar-refractivity contribution in [3.63, 3.8) is 0 Å². The summed E-state index contributed by atoms with van der Waals surface area (Å²) in [4.78, 5) is 2.19. The number of aliphatic hydroxyl groups is 1. The van der Waals surface area contributed by atoms with E-state index in [0.717, 1.165) is 22.3 Å². The molecule has 1 aromatic carbocycles. The molecule has 0 aliphatic rings. The molecular weight excluding hydrogens is 268 g/mol. The van der Waals surface area contributed by atoms with Crippen molar-refractivity contribution in [2.45, 2.75) is 26.4 Å². The van der Waals surface area contributed by atoms with E-state index in [1.54, 1.807) is 0 Å². The highest BCUT2D eigenvalue weighted by atomic mass is 79.9. The first-order valence-electron chi connectivity index (χ1n) is 5.44. The number of anilines is 1. The van der Waals surface area contributed by atoms with E-state index in [2.05, 4.69) is 34.7 Å². The first-order chi connectivity index (χ1) is 7.56. The molecule has 0 aliphatic carbocycles. The lowest BCUT2D eigenvalue weighted by atomic mass is 10.1. The fraction of sp³-hybridized carbons (Fsp3) is 0.500. The minimum atomic E-state index is 0.169. The van der Waals surface area contributed by atoms with Crippen molar-refractivity contribution in [2.75, 3.05) is 18.9 Å². The Morgan fingerprint density at radius 2 is 2.12 bits per heavy atom. The highest BCUT2D eigenvalue weighted by Gasteiger charge is 2.13.